The van der Waals surface area contributed by atoms with E-state index in [1.54, 1.807) is 25.3 Å². The Hall–Kier alpha value is -3.06. The molecular formula is C27H24Cl2FN3OS. The topological polar surface area (TPSA) is 29.4 Å². The Kier molecular flexibility index (Phi) is 8.29. The number of aromatic nitrogens is 1. The van der Waals surface area contributed by atoms with Gasteiger partial charge in [0.25, 0.3) is 0 Å². The van der Waals surface area contributed by atoms with Crippen molar-refractivity contribution in [1.82, 2.24) is 9.47 Å². The van der Waals surface area contributed by atoms with Crippen LogP contribution in [0.3, 0.4) is 0 Å². The van der Waals surface area contributed by atoms with Gasteiger partial charge >= 0.3 is 0 Å². The number of methoxy groups -OCH3 is 1. The molecule has 180 valence electrons. The van der Waals surface area contributed by atoms with Gasteiger partial charge in [0.1, 0.15) is 11.6 Å². The summed E-state index contributed by atoms with van der Waals surface area (Å²) in [4.78, 5) is 2.08. The minimum atomic E-state index is -0.352. The summed E-state index contributed by atoms with van der Waals surface area (Å²) in [6.45, 7) is 1.67. The van der Waals surface area contributed by atoms with Gasteiger partial charge in [-0.15, -0.1) is 0 Å². The molecule has 4 rings (SSSR count). The lowest BCUT2D eigenvalue weighted by molar-refractivity contribution is 0.398. The van der Waals surface area contributed by atoms with Crippen LogP contribution in [-0.2, 0) is 19.6 Å². The number of hydrogen-bond donors (Lipinski definition) is 1. The first kappa shape index (κ1) is 25.0. The van der Waals surface area contributed by atoms with E-state index in [-0.39, 0.29) is 5.82 Å². The van der Waals surface area contributed by atoms with Gasteiger partial charge in [0.2, 0.25) is 0 Å². The van der Waals surface area contributed by atoms with Gasteiger partial charge in [-0.3, -0.25) is 0 Å². The fourth-order valence-corrected chi connectivity index (χ4v) is 4.37. The van der Waals surface area contributed by atoms with Crippen molar-refractivity contribution in [3.05, 3.63) is 118 Å². The summed E-state index contributed by atoms with van der Waals surface area (Å²) >= 11 is 18.2. The summed E-state index contributed by atoms with van der Waals surface area (Å²) in [6, 6.07) is 24.0. The van der Waals surface area contributed by atoms with Crippen LogP contribution in [0.2, 0.25) is 10.0 Å². The number of thiocarbonyl (C=S) groups is 1. The van der Waals surface area contributed by atoms with Crippen LogP contribution in [0.25, 0.3) is 0 Å². The summed E-state index contributed by atoms with van der Waals surface area (Å²) in [5, 5.41) is 4.83. The minimum absolute atomic E-state index is 0.352. The van der Waals surface area contributed by atoms with E-state index in [0.717, 1.165) is 22.5 Å². The van der Waals surface area contributed by atoms with Gasteiger partial charge in [0.15, 0.2) is 5.11 Å². The molecule has 0 atom stereocenters. The summed E-state index contributed by atoms with van der Waals surface area (Å²) in [5.74, 6) is 0.253. The maximum Gasteiger partial charge on any atom is 0.174 e. The number of halogens is 3. The highest BCUT2D eigenvalue weighted by atomic mass is 35.5. The second-order valence-electron chi connectivity index (χ2n) is 7.98. The van der Waals surface area contributed by atoms with Crippen LogP contribution in [-0.4, -0.2) is 21.7 Å². The van der Waals surface area contributed by atoms with Gasteiger partial charge in [-0.2, -0.15) is 0 Å². The first-order chi connectivity index (χ1) is 16.9. The van der Waals surface area contributed by atoms with Crippen LogP contribution in [0.4, 0.5) is 10.1 Å². The van der Waals surface area contributed by atoms with Crippen molar-refractivity contribution in [3.8, 4) is 5.75 Å². The van der Waals surface area contributed by atoms with Crippen molar-refractivity contribution in [2.24, 2.45) is 0 Å². The molecule has 0 fully saturated rings. The Morgan fingerprint density at radius 3 is 2.54 bits per heavy atom. The summed E-state index contributed by atoms with van der Waals surface area (Å²) in [6.07, 6.45) is 1.98. The molecule has 0 spiro atoms. The molecule has 1 N–H and O–H groups in total. The highest BCUT2D eigenvalue weighted by Crippen LogP contribution is 2.28. The van der Waals surface area contributed by atoms with Crippen LogP contribution < -0.4 is 10.1 Å². The molecule has 0 saturated heterocycles. The van der Waals surface area contributed by atoms with Gasteiger partial charge in [-0.25, -0.2) is 4.39 Å². The van der Waals surface area contributed by atoms with Gasteiger partial charge in [-0.1, -0.05) is 59.6 Å². The number of anilines is 1. The zero-order valence-corrected chi connectivity index (χ0v) is 21.4. The smallest absolute Gasteiger partial charge is 0.174 e. The molecule has 1 aromatic heterocycles. The average molecular weight is 528 g/mol. The molecular weight excluding hydrogens is 504 g/mol. The Morgan fingerprint density at radius 2 is 1.80 bits per heavy atom. The van der Waals surface area contributed by atoms with E-state index >= 15 is 0 Å². The van der Waals surface area contributed by atoms with Crippen molar-refractivity contribution in [3.63, 3.8) is 0 Å². The molecule has 0 aliphatic heterocycles. The Bertz CT molecular complexity index is 1310. The number of nitrogens with one attached hydrogen (secondary N) is 1. The molecule has 0 aliphatic carbocycles. The maximum absolute atomic E-state index is 13.5. The zero-order valence-electron chi connectivity index (χ0n) is 19.0. The Balaban J connectivity index is 1.58. The second-order valence-corrected chi connectivity index (χ2v) is 9.21. The molecule has 0 saturated carbocycles. The SMILES string of the molecule is COc1cc(Cl)ccc1NC(=S)N(Cc1ccccc1)Cc1cccn1Cc1ccc(F)cc1Cl. The number of nitrogens with zero attached hydrogens (tertiary/aromatic N) is 2. The van der Waals surface area contributed by atoms with Crippen molar-refractivity contribution < 1.29 is 9.13 Å². The van der Waals surface area contributed by atoms with Gasteiger partial charge in [-0.05, 0) is 59.7 Å². The third-order valence-corrected chi connectivity index (χ3v) is 6.49. The fraction of sp³-hybridized carbons (Fsp3) is 0.148. The summed E-state index contributed by atoms with van der Waals surface area (Å²) < 4.78 is 21.0. The van der Waals surface area contributed by atoms with Crippen molar-refractivity contribution in [1.29, 1.82) is 0 Å². The lowest BCUT2D eigenvalue weighted by Crippen LogP contribution is -2.34. The van der Waals surface area contributed by atoms with Crippen LogP contribution in [0.15, 0.2) is 85.1 Å². The predicted molar refractivity (Wildman–Crippen MR) is 145 cm³/mol. The van der Waals surface area contributed by atoms with E-state index in [0.29, 0.717) is 40.5 Å². The lowest BCUT2D eigenvalue weighted by atomic mass is 10.2. The van der Waals surface area contributed by atoms with E-state index < -0.39 is 0 Å². The van der Waals surface area contributed by atoms with E-state index in [1.165, 1.54) is 12.1 Å². The predicted octanol–water partition coefficient (Wildman–Crippen LogP) is 7.39. The first-order valence-electron chi connectivity index (χ1n) is 10.9. The van der Waals surface area contributed by atoms with Crippen LogP contribution in [0, 0.1) is 5.82 Å². The highest BCUT2D eigenvalue weighted by molar-refractivity contribution is 7.80. The number of benzene rings is 3. The molecule has 0 aliphatic rings. The average Bonchev–Trinajstić information content (AvgIpc) is 3.28. The van der Waals surface area contributed by atoms with Crippen LogP contribution >= 0.6 is 35.4 Å². The molecule has 35 heavy (non-hydrogen) atoms. The summed E-state index contributed by atoms with van der Waals surface area (Å²) in [5.41, 5.74) is 3.73. The van der Waals surface area contributed by atoms with Gasteiger partial charge in [0.05, 0.1) is 19.3 Å². The molecule has 1 heterocycles. The van der Waals surface area contributed by atoms with E-state index in [9.17, 15) is 4.39 Å². The monoisotopic (exact) mass is 527 g/mol. The fourth-order valence-electron chi connectivity index (χ4n) is 3.74. The third-order valence-electron chi connectivity index (χ3n) is 5.54. The molecule has 3 aromatic carbocycles. The standard InChI is InChI=1S/C27H24Cl2FN3OS/c1-34-26-14-21(28)10-12-25(26)31-27(35)33(16-19-6-3-2-4-7-19)18-23-8-5-13-32(23)17-20-9-11-22(30)15-24(20)29/h2-15H,16-18H2,1H3,(H,31,35). The van der Waals surface area contributed by atoms with Crippen LogP contribution in [0.5, 0.6) is 5.75 Å². The Labute approximate surface area is 219 Å². The second kappa shape index (κ2) is 11.6. The van der Waals surface area contributed by atoms with E-state index in [2.05, 4.69) is 26.9 Å². The van der Waals surface area contributed by atoms with Crippen molar-refractivity contribution in [2.45, 2.75) is 19.6 Å². The molecule has 8 heteroatoms. The Morgan fingerprint density at radius 1 is 1.00 bits per heavy atom. The van der Waals surface area contributed by atoms with Gasteiger partial charge < -0.3 is 19.5 Å². The largest absolute Gasteiger partial charge is 0.495 e. The van der Waals surface area contributed by atoms with Gasteiger partial charge in [0, 0.05) is 41.1 Å². The number of ether oxygens (including phenoxy) is 1. The normalized spacial score (nSPS) is 10.7. The molecule has 4 aromatic rings. The zero-order chi connectivity index (χ0) is 24.8. The third kappa shape index (κ3) is 6.54. The maximum atomic E-state index is 13.5. The molecule has 0 amide bonds. The molecule has 0 unspecified atom stereocenters. The quantitative estimate of drug-likeness (QED) is 0.242. The number of hydrogen-bond acceptors (Lipinski definition) is 2. The summed E-state index contributed by atoms with van der Waals surface area (Å²) in [7, 11) is 1.59. The minimum Gasteiger partial charge on any atom is -0.495 e. The molecule has 0 radical (unpaired) electrons. The van der Waals surface area contributed by atoms with Crippen molar-refractivity contribution >= 4 is 46.2 Å². The van der Waals surface area contributed by atoms with Crippen molar-refractivity contribution in [2.75, 3.05) is 12.4 Å². The highest BCUT2D eigenvalue weighted by Gasteiger charge is 2.16. The molecule has 0 bridgehead atoms. The lowest BCUT2D eigenvalue weighted by Gasteiger charge is -2.27. The first-order valence-corrected chi connectivity index (χ1v) is 12.1. The molecule has 4 nitrogen and oxygen atoms in total. The number of rotatable bonds is 8. The van der Waals surface area contributed by atoms with Crippen LogP contribution in [0.1, 0.15) is 16.8 Å². The van der Waals surface area contributed by atoms with E-state index in [4.69, 9.17) is 40.2 Å². The van der Waals surface area contributed by atoms with E-state index in [1.807, 2.05) is 42.6 Å².